The maximum atomic E-state index is 12.1. The molecule has 1 aromatic heterocycles. The number of rotatable bonds is 3. The zero-order valence-corrected chi connectivity index (χ0v) is 12.0. The van der Waals surface area contributed by atoms with Crippen LogP contribution in [0.25, 0.3) is 0 Å². The molecular weight excluding hydrogens is 260 g/mol. The molecule has 7 heteroatoms. The number of nitrogens with one attached hydrogen (secondary N) is 1. The van der Waals surface area contributed by atoms with Crippen molar-refractivity contribution in [1.82, 2.24) is 19.8 Å². The van der Waals surface area contributed by atoms with Crippen molar-refractivity contribution < 1.29 is 9.53 Å². The topological polar surface area (TPSA) is 78.5 Å². The van der Waals surface area contributed by atoms with E-state index >= 15 is 0 Å². The highest BCUT2D eigenvalue weighted by molar-refractivity contribution is 5.78. The summed E-state index contributed by atoms with van der Waals surface area (Å²) in [5, 5.41) is 0. The van der Waals surface area contributed by atoms with E-state index < -0.39 is 0 Å². The number of carbonyl (C=O) groups excluding carboxylic acids is 1. The second-order valence-corrected chi connectivity index (χ2v) is 5.21. The van der Waals surface area contributed by atoms with Gasteiger partial charge in [0.15, 0.2) is 0 Å². The van der Waals surface area contributed by atoms with Crippen LogP contribution < -0.4 is 5.56 Å². The largest absolute Gasteiger partial charge is 0.367 e. The Labute approximate surface area is 117 Å². The van der Waals surface area contributed by atoms with Gasteiger partial charge in [0.2, 0.25) is 5.91 Å². The molecule has 1 N–H and O–H groups in total. The minimum absolute atomic E-state index is 0.0540. The van der Waals surface area contributed by atoms with Crippen LogP contribution in [0, 0.1) is 6.92 Å². The molecule has 2 rings (SSSR count). The highest BCUT2D eigenvalue weighted by atomic mass is 16.5. The molecule has 0 unspecified atom stereocenters. The first-order chi connectivity index (χ1) is 9.45. The summed E-state index contributed by atoms with van der Waals surface area (Å²) in [5.41, 5.74) is 0.442. The van der Waals surface area contributed by atoms with Gasteiger partial charge >= 0.3 is 0 Å². The number of aromatic amines is 1. The smallest absolute Gasteiger partial charge is 0.251 e. The van der Waals surface area contributed by atoms with Gasteiger partial charge < -0.3 is 19.5 Å². The molecular formula is C13H20N4O3. The Morgan fingerprint density at radius 3 is 3.00 bits per heavy atom. The van der Waals surface area contributed by atoms with Gasteiger partial charge in [-0.1, -0.05) is 0 Å². The van der Waals surface area contributed by atoms with E-state index in [1.807, 2.05) is 19.0 Å². The highest BCUT2D eigenvalue weighted by Gasteiger charge is 2.27. The Bertz CT molecular complexity index is 541. The number of likely N-dealkylation sites (N-methyl/N-ethyl adjacent to an activating group) is 1. The predicted octanol–water partition coefficient (Wildman–Crippen LogP) is -0.460. The van der Waals surface area contributed by atoms with Crippen LogP contribution in [0.5, 0.6) is 0 Å². The third kappa shape index (κ3) is 3.64. The van der Waals surface area contributed by atoms with Crippen molar-refractivity contribution in [1.29, 1.82) is 0 Å². The number of aromatic nitrogens is 2. The molecule has 1 fully saturated rings. The fraction of sp³-hybridized carbons (Fsp3) is 0.615. The summed E-state index contributed by atoms with van der Waals surface area (Å²) in [6.07, 6.45) is -0.373. The first-order valence-electron chi connectivity index (χ1n) is 6.57. The third-order valence-corrected chi connectivity index (χ3v) is 3.06. The molecule has 1 saturated heterocycles. The quantitative estimate of drug-likeness (QED) is 0.810. The van der Waals surface area contributed by atoms with Crippen LogP contribution in [0.3, 0.4) is 0 Å². The standard InChI is InChI=1S/C13H20N4O3/c1-9-6-11(18)15-13(14-9)10-7-17(4-5-20-10)12(19)8-16(2)3/h6,10H,4-5,7-8H2,1-3H3,(H,14,15,18)/t10-/m0/s1. The lowest BCUT2D eigenvalue weighted by Gasteiger charge is -2.33. The summed E-state index contributed by atoms with van der Waals surface area (Å²) in [6, 6.07) is 1.43. The zero-order valence-electron chi connectivity index (χ0n) is 12.0. The van der Waals surface area contributed by atoms with Gasteiger partial charge in [-0.3, -0.25) is 9.59 Å². The van der Waals surface area contributed by atoms with Crippen LogP contribution >= 0.6 is 0 Å². The van der Waals surface area contributed by atoms with Crippen molar-refractivity contribution in [2.45, 2.75) is 13.0 Å². The summed E-state index contributed by atoms with van der Waals surface area (Å²) in [4.78, 5) is 34.1. The number of H-pyrrole nitrogens is 1. The lowest BCUT2D eigenvalue weighted by atomic mass is 10.2. The fourth-order valence-electron chi connectivity index (χ4n) is 2.17. The van der Waals surface area contributed by atoms with Crippen LogP contribution in [0.4, 0.5) is 0 Å². The summed E-state index contributed by atoms with van der Waals surface area (Å²) in [6.45, 7) is 3.56. The van der Waals surface area contributed by atoms with E-state index in [9.17, 15) is 9.59 Å². The van der Waals surface area contributed by atoms with Gasteiger partial charge in [-0.25, -0.2) is 4.98 Å². The second kappa shape index (κ2) is 6.15. The summed E-state index contributed by atoms with van der Waals surface area (Å²) < 4.78 is 5.62. The predicted molar refractivity (Wildman–Crippen MR) is 73.4 cm³/mol. The summed E-state index contributed by atoms with van der Waals surface area (Å²) >= 11 is 0. The van der Waals surface area contributed by atoms with Gasteiger partial charge in [0.1, 0.15) is 11.9 Å². The fourth-order valence-corrected chi connectivity index (χ4v) is 2.17. The van der Waals surface area contributed by atoms with Gasteiger partial charge in [-0.05, 0) is 21.0 Å². The number of hydrogen-bond donors (Lipinski definition) is 1. The molecule has 7 nitrogen and oxygen atoms in total. The van der Waals surface area contributed by atoms with Crippen molar-refractivity contribution in [3.8, 4) is 0 Å². The summed E-state index contributed by atoms with van der Waals surface area (Å²) in [7, 11) is 3.71. The molecule has 0 radical (unpaired) electrons. The van der Waals surface area contributed by atoms with Crippen LogP contribution in [-0.2, 0) is 9.53 Å². The molecule has 0 bridgehead atoms. The third-order valence-electron chi connectivity index (χ3n) is 3.06. The molecule has 1 aliphatic heterocycles. The van der Waals surface area contributed by atoms with Crippen LogP contribution in [0.2, 0.25) is 0 Å². The molecule has 0 saturated carbocycles. The second-order valence-electron chi connectivity index (χ2n) is 5.21. The number of carbonyl (C=O) groups is 1. The van der Waals surface area contributed by atoms with Crippen molar-refractivity contribution in [2.75, 3.05) is 40.3 Å². The highest BCUT2D eigenvalue weighted by Crippen LogP contribution is 2.18. The molecule has 110 valence electrons. The lowest BCUT2D eigenvalue weighted by Crippen LogP contribution is -2.46. The van der Waals surface area contributed by atoms with Crippen LogP contribution in [0.15, 0.2) is 10.9 Å². The first-order valence-corrected chi connectivity index (χ1v) is 6.57. The Morgan fingerprint density at radius 2 is 2.35 bits per heavy atom. The van der Waals surface area contributed by atoms with E-state index in [-0.39, 0.29) is 17.6 Å². The molecule has 1 aromatic rings. The summed E-state index contributed by atoms with van der Waals surface area (Å²) in [5.74, 6) is 0.538. The van der Waals surface area contributed by atoms with Gasteiger partial charge in [-0.15, -0.1) is 0 Å². The van der Waals surface area contributed by atoms with E-state index in [0.717, 1.165) is 0 Å². The van der Waals surface area contributed by atoms with Crippen molar-refractivity contribution in [2.24, 2.45) is 0 Å². The first kappa shape index (κ1) is 14.7. The Balaban J connectivity index is 2.10. The van der Waals surface area contributed by atoms with Crippen molar-refractivity contribution in [3.05, 3.63) is 27.9 Å². The number of aryl methyl sites for hydroxylation is 1. The van der Waals surface area contributed by atoms with Gasteiger partial charge in [0.25, 0.3) is 5.56 Å². The normalized spacial score (nSPS) is 19.4. The Kier molecular flexibility index (Phi) is 4.51. The molecule has 1 aliphatic rings. The average Bonchev–Trinajstić information content (AvgIpc) is 2.37. The van der Waals surface area contributed by atoms with E-state index in [1.54, 1.807) is 11.8 Å². The van der Waals surface area contributed by atoms with Crippen molar-refractivity contribution >= 4 is 5.91 Å². The van der Waals surface area contributed by atoms with E-state index in [2.05, 4.69) is 9.97 Å². The van der Waals surface area contributed by atoms with Crippen molar-refractivity contribution in [3.63, 3.8) is 0 Å². The molecule has 20 heavy (non-hydrogen) atoms. The Morgan fingerprint density at radius 1 is 1.60 bits per heavy atom. The van der Waals surface area contributed by atoms with E-state index in [4.69, 9.17) is 4.74 Å². The number of amides is 1. The van der Waals surface area contributed by atoms with Crippen LogP contribution in [-0.4, -0.2) is 66.0 Å². The minimum Gasteiger partial charge on any atom is -0.367 e. The maximum absolute atomic E-state index is 12.1. The monoisotopic (exact) mass is 280 g/mol. The number of morpholine rings is 1. The minimum atomic E-state index is -0.373. The molecule has 1 amide bonds. The zero-order chi connectivity index (χ0) is 14.7. The van der Waals surface area contributed by atoms with E-state index in [0.29, 0.717) is 37.8 Å². The lowest BCUT2D eigenvalue weighted by molar-refractivity contribution is -0.139. The number of hydrogen-bond acceptors (Lipinski definition) is 5. The van der Waals surface area contributed by atoms with Gasteiger partial charge in [-0.2, -0.15) is 0 Å². The number of ether oxygens (including phenoxy) is 1. The molecule has 1 atom stereocenters. The molecule has 0 aromatic carbocycles. The van der Waals surface area contributed by atoms with Gasteiger partial charge in [0, 0.05) is 18.3 Å². The van der Waals surface area contributed by atoms with E-state index in [1.165, 1.54) is 6.07 Å². The maximum Gasteiger partial charge on any atom is 0.251 e. The average molecular weight is 280 g/mol. The molecule has 2 heterocycles. The molecule has 0 aliphatic carbocycles. The Hall–Kier alpha value is -1.73. The molecule has 0 spiro atoms. The van der Waals surface area contributed by atoms with Gasteiger partial charge in [0.05, 0.1) is 19.7 Å². The number of nitrogens with zero attached hydrogens (tertiary/aromatic N) is 3. The SMILES string of the molecule is Cc1cc(=O)[nH]c([C@@H]2CN(C(=O)CN(C)C)CCO2)n1. The van der Waals surface area contributed by atoms with Crippen LogP contribution in [0.1, 0.15) is 17.6 Å².